The average molecular weight is 405 g/mol. The minimum Gasteiger partial charge on any atom is -0.379 e. The summed E-state index contributed by atoms with van der Waals surface area (Å²) in [6, 6.07) is 9.94. The maximum atomic E-state index is 6.36. The van der Waals surface area contributed by atoms with Gasteiger partial charge in [-0.25, -0.2) is 0 Å². The molecule has 0 radical (unpaired) electrons. The molecule has 5 nitrogen and oxygen atoms in total. The molecule has 0 unspecified atom stereocenters. The van der Waals surface area contributed by atoms with Crippen LogP contribution in [-0.4, -0.2) is 59.3 Å². The van der Waals surface area contributed by atoms with Crippen molar-refractivity contribution in [3.63, 3.8) is 0 Å². The minimum atomic E-state index is 0.665. The van der Waals surface area contributed by atoms with E-state index in [4.69, 9.17) is 28.6 Å². The van der Waals surface area contributed by atoms with E-state index in [9.17, 15) is 0 Å². The quantitative estimate of drug-likeness (QED) is 0.742. The molecule has 0 bridgehead atoms. The van der Waals surface area contributed by atoms with Gasteiger partial charge in [0.25, 0.3) is 0 Å². The molecule has 3 rings (SSSR count). The third-order valence-corrected chi connectivity index (χ3v) is 5.21. The third kappa shape index (κ3) is 6.14. The lowest BCUT2D eigenvalue weighted by Gasteiger charge is -2.31. The van der Waals surface area contributed by atoms with Crippen LogP contribution >= 0.6 is 23.8 Å². The highest BCUT2D eigenvalue weighted by Crippen LogP contribution is 2.23. The topological polar surface area (TPSA) is 40.6 Å². The predicted molar refractivity (Wildman–Crippen MR) is 114 cm³/mol. The highest BCUT2D eigenvalue weighted by atomic mass is 35.5. The number of ether oxygens (including phenoxy) is 1. The molecule has 1 fully saturated rings. The molecule has 0 saturated carbocycles. The first kappa shape index (κ1) is 20.0. The molecule has 0 spiro atoms. The van der Waals surface area contributed by atoms with Crippen molar-refractivity contribution >= 4 is 34.6 Å². The van der Waals surface area contributed by atoms with Crippen molar-refractivity contribution in [1.82, 2.24) is 14.8 Å². The van der Waals surface area contributed by atoms with Crippen LogP contribution in [0.15, 0.2) is 42.7 Å². The molecular formula is C20H25ClN4OS. The highest BCUT2D eigenvalue weighted by molar-refractivity contribution is 7.80. The van der Waals surface area contributed by atoms with Crippen molar-refractivity contribution in [3.05, 3.63) is 58.9 Å². The molecule has 7 heteroatoms. The summed E-state index contributed by atoms with van der Waals surface area (Å²) in [5, 5.41) is 4.65. The first-order chi connectivity index (χ1) is 13.1. The molecule has 144 valence electrons. The summed E-state index contributed by atoms with van der Waals surface area (Å²) in [4.78, 5) is 8.79. The third-order valence-electron chi connectivity index (χ3n) is 4.54. The second kappa shape index (κ2) is 9.99. The molecule has 27 heavy (non-hydrogen) atoms. The summed E-state index contributed by atoms with van der Waals surface area (Å²) < 4.78 is 5.44. The van der Waals surface area contributed by atoms with Crippen molar-refractivity contribution < 1.29 is 4.74 Å². The van der Waals surface area contributed by atoms with Gasteiger partial charge in [0, 0.05) is 45.1 Å². The van der Waals surface area contributed by atoms with Gasteiger partial charge in [0.2, 0.25) is 0 Å². The Bertz CT molecular complexity index is 753. The number of morpholine rings is 1. The smallest absolute Gasteiger partial charge is 0.173 e. The number of rotatable bonds is 6. The number of halogens is 1. The zero-order valence-electron chi connectivity index (χ0n) is 15.5. The van der Waals surface area contributed by atoms with Crippen molar-refractivity contribution in [2.24, 2.45) is 0 Å². The van der Waals surface area contributed by atoms with Crippen LogP contribution in [0.1, 0.15) is 11.1 Å². The van der Waals surface area contributed by atoms with Crippen LogP contribution in [0, 0.1) is 6.92 Å². The van der Waals surface area contributed by atoms with Crippen molar-refractivity contribution in [1.29, 1.82) is 0 Å². The summed E-state index contributed by atoms with van der Waals surface area (Å²) in [6.07, 6.45) is 3.66. The minimum absolute atomic E-state index is 0.665. The van der Waals surface area contributed by atoms with Gasteiger partial charge in [0.1, 0.15) is 0 Å². The maximum Gasteiger partial charge on any atom is 0.173 e. The van der Waals surface area contributed by atoms with Crippen molar-refractivity contribution in [2.45, 2.75) is 13.5 Å². The van der Waals surface area contributed by atoms with Crippen LogP contribution in [0.4, 0.5) is 5.69 Å². The van der Waals surface area contributed by atoms with Crippen LogP contribution < -0.4 is 5.32 Å². The fourth-order valence-corrected chi connectivity index (χ4v) is 3.52. The number of nitrogens with one attached hydrogen (secondary N) is 1. The van der Waals surface area contributed by atoms with Crippen molar-refractivity contribution in [2.75, 3.05) is 44.7 Å². The van der Waals surface area contributed by atoms with Gasteiger partial charge in [-0.15, -0.1) is 0 Å². The molecule has 1 aliphatic rings. The second-order valence-corrected chi connectivity index (χ2v) is 7.44. The Kier molecular flexibility index (Phi) is 7.41. The van der Waals surface area contributed by atoms with Crippen LogP contribution in [0.3, 0.4) is 0 Å². The van der Waals surface area contributed by atoms with Crippen LogP contribution in [-0.2, 0) is 11.3 Å². The lowest BCUT2D eigenvalue weighted by molar-refractivity contribution is 0.0358. The Morgan fingerprint density at radius 3 is 2.85 bits per heavy atom. The molecule has 0 atom stereocenters. The standard InChI is InChI=1S/C20H25ClN4OS/c1-16-4-5-19(18(21)13-16)23-20(27)25(15-17-3-2-6-22-14-17)8-7-24-9-11-26-12-10-24/h2-6,13-14H,7-12,15H2,1H3,(H,23,27). The Morgan fingerprint density at radius 1 is 1.33 bits per heavy atom. The van der Waals surface area contributed by atoms with E-state index < -0.39 is 0 Å². The number of nitrogens with zero attached hydrogens (tertiary/aromatic N) is 3. The van der Waals surface area contributed by atoms with Gasteiger partial charge < -0.3 is 15.0 Å². The number of thiocarbonyl (C=S) groups is 1. The summed E-state index contributed by atoms with van der Waals surface area (Å²) in [5.41, 5.74) is 3.07. The molecule has 1 aliphatic heterocycles. The fourth-order valence-electron chi connectivity index (χ4n) is 2.97. The number of hydrogen-bond acceptors (Lipinski definition) is 4. The molecular weight excluding hydrogens is 380 g/mol. The number of aromatic nitrogens is 1. The Labute approximate surface area is 171 Å². The van der Waals surface area contributed by atoms with E-state index in [1.165, 1.54) is 0 Å². The van der Waals surface area contributed by atoms with E-state index in [1.54, 1.807) is 6.20 Å². The van der Waals surface area contributed by atoms with Gasteiger partial charge in [-0.2, -0.15) is 0 Å². The Morgan fingerprint density at radius 2 is 2.15 bits per heavy atom. The van der Waals surface area contributed by atoms with Gasteiger partial charge in [0.15, 0.2) is 5.11 Å². The van der Waals surface area contributed by atoms with Gasteiger partial charge >= 0.3 is 0 Å². The van der Waals surface area contributed by atoms with Crippen molar-refractivity contribution in [3.8, 4) is 0 Å². The maximum absolute atomic E-state index is 6.36. The highest BCUT2D eigenvalue weighted by Gasteiger charge is 2.16. The Balaban J connectivity index is 1.67. The molecule has 1 aromatic heterocycles. The molecule has 1 saturated heterocycles. The van der Waals surface area contributed by atoms with E-state index in [2.05, 4.69) is 26.2 Å². The predicted octanol–water partition coefficient (Wildman–Crippen LogP) is 3.57. The summed E-state index contributed by atoms with van der Waals surface area (Å²) >= 11 is 12.1. The molecule has 2 heterocycles. The zero-order chi connectivity index (χ0) is 19.1. The lowest BCUT2D eigenvalue weighted by atomic mass is 10.2. The van der Waals surface area contributed by atoms with E-state index in [1.807, 2.05) is 37.4 Å². The van der Waals surface area contributed by atoms with Gasteiger partial charge in [0.05, 0.1) is 23.9 Å². The largest absolute Gasteiger partial charge is 0.379 e. The first-order valence-electron chi connectivity index (χ1n) is 9.13. The number of benzene rings is 1. The zero-order valence-corrected chi connectivity index (χ0v) is 17.1. The van der Waals surface area contributed by atoms with Crippen LogP contribution in [0.5, 0.6) is 0 Å². The summed E-state index contributed by atoms with van der Waals surface area (Å²) in [7, 11) is 0. The van der Waals surface area contributed by atoms with E-state index in [-0.39, 0.29) is 0 Å². The summed E-state index contributed by atoms with van der Waals surface area (Å²) in [6.45, 7) is 8.00. The average Bonchev–Trinajstić information content (AvgIpc) is 2.69. The van der Waals surface area contributed by atoms with Crippen LogP contribution in [0.2, 0.25) is 5.02 Å². The van der Waals surface area contributed by atoms with Gasteiger partial charge in [-0.3, -0.25) is 9.88 Å². The second-order valence-electron chi connectivity index (χ2n) is 6.65. The monoisotopic (exact) mass is 404 g/mol. The molecule has 1 aromatic carbocycles. The van der Waals surface area contributed by atoms with E-state index >= 15 is 0 Å². The number of hydrogen-bond donors (Lipinski definition) is 1. The number of pyridine rings is 1. The lowest BCUT2D eigenvalue weighted by Crippen LogP contribution is -2.44. The van der Waals surface area contributed by atoms with Crippen LogP contribution in [0.25, 0.3) is 0 Å². The summed E-state index contributed by atoms with van der Waals surface area (Å²) in [5.74, 6) is 0. The normalized spacial score (nSPS) is 14.7. The molecule has 1 N–H and O–H groups in total. The number of anilines is 1. The number of aryl methyl sites for hydroxylation is 1. The SMILES string of the molecule is Cc1ccc(NC(=S)N(CCN2CCOCC2)Cc2cccnc2)c(Cl)c1. The molecule has 2 aromatic rings. The van der Waals surface area contributed by atoms with E-state index in [0.29, 0.717) is 16.7 Å². The van der Waals surface area contributed by atoms with Gasteiger partial charge in [-0.1, -0.05) is 23.7 Å². The molecule has 0 amide bonds. The van der Waals surface area contributed by atoms with Gasteiger partial charge in [-0.05, 0) is 48.5 Å². The Hall–Kier alpha value is -1.73. The van der Waals surface area contributed by atoms with E-state index in [0.717, 1.165) is 56.2 Å². The first-order valence-corrected chi connectivity index (χ1v) is 9.91. The fraction of sp³-hybridized carbons (Fsp3) is 0.400. The molecule has 0 aliphatic carbocycles.